The SMILES string of the molecule is CON(OC)c1nc(N)nc(N(OC)C(O)(O)O)n1. The van der Waals surface area contributed by atoms with E-state index in [0.29, 0.717) is 0 Å². The lowest BCUT2D eigenvalue weighted by molar-refractivity contribution is -0.341. The lowest BCUT2D eigenvalue weighted by Crippen LogP contribution is -2.49. The molecule has 0 bridgehead atoms. The Kier molecular flexibility index (Phi) is 4.71. The molecule has 5 N–H and O–H groups in total. The van der Waals surface area contributed by atoms with Crippen molar-refractivity contribution in [2.45, 2.75) is 6.10 Å². The fourth-order valence-corrected chi connectivity index (χ4v) is 1.12. The van der Waals surface area contributed by atoms with Gasteiger partial charge in [-0.15, -0.1) is 5.06 Å². The second kappa shape index (κ2) is 5.87. The summed E-state index contributed by atoms with van der Waals surface area (Å²) >= 11 is 0. The van der Waals surface area contributed by atoms with Gasteiger partial charge < -0.3 is 21.1 Å². The van der Waals surface area contributed by atoms with Gasteiger partial charge >= 0.3 is 6.10 Å². The van der Waals surface area contributed by atoms with Crippen molar-refractivity contribution in [2.24, 2.45) is 0 Å². The minimum Gasteiger partial charge on any atom is -0.368 e. The third-order valence-electron chi connectivity index (χ3n) is 1.76. The van der Waals surface area contributed by atoms with E-state index < -0.39 is 12.0 Å². The van der Waals surface area contributed by atoms with Crippen molar-refractivity contribution in [1.29, 1.82) is 0 Å². The first-order chi connectivity index (χ1) is 8.83. The van der Waals surface area contributed by atoms with Crippen LogP contribution in [0.15, 0.2) is 0 Å². The number of hydrogen-bond donors (Lipinski definition) is 4. The number of aliphatic hydroxyl groups is 3. The molecular formula is C7H14N6O6. The molecule has 1 aromatic heterocycles. The first kappa shape index (κ1) is 15.2. The molecular weight excluding hydrogens is 264 g/mol. The normalized spacial score (nSPS) is 11.5. The van der Waals surface area contributed by atoms with Crippen LogP contribution in [0.1, 0.15) is 0 Å². The average Bonchev–Trinajstić information content (AvgIpc) is 2.28. The van der Waals surface area contributed by atoms with Crippen molar-refractivity contribution in [3.05, 3.63) is 0 Å². The van der Waals surface area contributed by atoms with E-state index in [1.165, 1.54) is 14.2 Å². The monoisotopic (exact) mass is 278 g/mol. The Bertz CT molecular complexity index is 421. The van der Waals surface area contributed by atoms with Crippen LogP contribution in [-0.4, -0.2) is 57.7 Å². The van der Waals surface area contributed by atoms with E-state index in [9.17, 15) is 0 Å². The van der Waals surface area contributed by atoms with Crippen LogP contribution in [-0.2, 0) is 14.5 Å². The summed E-state index contributed by atoms with van der Waals surface area (Å²) in [6, 6.07) is 0. The number of hydroxylamine groups is 1. The Balaban J connectivity index is 3.22. The molecule has 0 radical (unpaired) electrons. The maximum Gasteiger partial charge on any atom is 0.395 e. The van der Waals surface area contributed by atoms with Gasteiger partial charge in [-0.2, -0.15) is 15.0 Å². The number of hydrogen-bond acceptors (Lipinski definition) is 12. The van der Waals surface area contributed by atoms with Gasteiger partial charge in [-0.1, -0.05) is 5.23 Å². The Morgan fingerprint density at radius 2 is 1.47 bits per heavy atom. The van der Waals surface area contributed by atoms with Gasteiger partial charge in [0.2, 0.25) is 5.95 Å². The number of nitrogen functional groups attached to an aromatic ring is 1. The molecule has 12 nitrogen and oxygen atoms in total. The quantitative estimate of drug-likeness (QED) is 0.316. The lowest BCUT2D eigenvalue weighted by atomic mass is 10.7. The summed E-state index contributed by atoms with van der Waals surface area (Å²) in [5.41, 5.74) is 5.42. The molecule has 0 amide bonds. The molecule has 0 aliphatic carbocycles. The van der Waals surface area contributed by atoms with Crippen LogP contribution in [0.3, 0.4) is 0 Å². The minimum atomic E-state index is -3.36. The zero-order valence-electron chi connectivity index (χ0n) is 10.4. The third-order valence-corrected chi connectivity index (χ3v) is 1.76. The molecule has 19 heavy (non-hydrogen) atoms. The molecule has 0 aliphatic rings. The molecule has 0 fully saturated rings. The highest BCUT2D eigenvalue weighted by molar-refractivity contribution is 5.39. The van der Waals surface area contributed by atoms with Crippen LogP contribution in [0.2, 0.25) is 0 Å². The summed E-state index contributed by atoms with van der Waals surface area (Å²) in [6.45, 7) is 0. The van der Waals surface area contributed by atoms with E-state index in [1.54, 1.807) is 0 Å². The first-order valence-corrected chi connectivity index (χ1v) is 4.74. The van der Waals surface area contributed by atoms with E-state index in [1.807, 2.05) is 0 Å². The number of rotatable bonds is 6. The molecule has 0 saturated carbocycles. The number of nitrogens with zero attached hydrogens (tertiary/aromatic N) is 5. The van der Waals surface area contributed by atoms with E-state index in [2.05, 4.69) is 19.8 Å². The van der Waals surface area contributed by atoms with Gasteiger partial charge in [0.05, 0.1) is 21.3 Å². The molecule has 0 atom stereocenters. The van der Waals surface area contributed by atoms with Crippen molar-refractivity contribution in [1.82, 2.24) is 15.0 Å². The number of aromatic nitrogens is 3. The molecule has 0 aromatic carbocycles. The third kappa shape index (κ3) is 3.57. The Labute approximate surface area is 107 Å². The molecule has 0 unspecified atom stereocenters. The van der Waals surface area contributed by atoms with Crippen LogP contribution < -0.4 is 16.0 Å². The van der Waals surface area contributed by atoms with Gasteiger partial charge in [-0.05, 0) is 0 Å². The van der Waals surface area contributed by atoms with Gasteiger partial charge in [0.1, 0.15) is 0 Å². The van der Waals surface area contributed by atoms with Crippen LogP contribution >= 0.6 is 0 Å². The standard InChI is InChI=1S/C7H14N6O6/c1-17-12(7(14,15)16)5-9-4(8)10-6(11-5)13(18-2)19-3/h14-16H,1-3H3,(H2,8,9,10,11). The largest absolute Gasteiger partial charge is 0.395 e. The van der Waals surface area contributed by atoms with Crippen LogP contribution in [0.25, 0.3) is 0 Å². The molecule has 1 rings (SSSR count). The van der Waals surface area contributed by atoms with E-state index in [4.69, 9.17) is 30.7 Å². The Morgan fingerprint density at radius 3 is 1.89 bits per heavy atom. The van der Waals surface area contributed by atoms with Gasteiger partial charge in [-0.25, -0.2) is 9.68 Å². The highest BCUT2D eigenvalue weighted by Crippen LogP contribution is 2.19. The minimum absolute atomic E-state index is 0.179. The Hall–Kier alpha value is -1.83. The van der Waals surface area contributed by atoms with E-state index in [0.717, 1.165) is 12.3 Å². The van der Waals surface area contributed by atoms with Crippen LogP contribution in [0.5, 0.6) is 0 Å². The summed E-state index contributed by atoms with van der Waals surface area (Å²) in [5.74, 6) is -0.999. The highest BCUT2D eigenvalue weighted by atomic mass is 16.9. The van der Waals surface area contributed by atoms with Crippen molar-refractivity contribution in [2.75, 3.05) is 37.4 Å². The fraction of sp³-hybridized carbons (Fsp3) is 0.571. The Morgan fingerprint density at radius 1 is 0.947 bits per heavy atom. The van der Waals surface area contributed by atoms with E-state index >= 15 is 0 Å². The highest BCUT2D eigenvalue weighted by Gasteiger charge is 2.34. The van der Waals surface area contributed by atoms with Gasteiger partial charge in [0, 0.05) is 0 Å². The maximum absolute atomic E-state index is 9.06. The van der Waals surface area contributed by atoms with Crippen LogP contribution in [0.4, 0.5) is 17.8 Å². The molecule has 0 aliphatic heterocycles. The van der Waals surface area contributed by atoms with Crippen molar-refractivity contribution in [3.8, 4) is 0 Å². The van der Waals surface area contributed by atoms with Crippen molar-refractivity contribution in [3.63, 3.8) is 0 Å². The van der Waals surface area contributed by atoms with Crippen molar-refractivity contribution < 1.29 is 29.8 Å². The molecule has 0 saturated heterocycles. The maximum atomic E-state index is 9.06. The summed E-state index contributed by atoms with van der Waals surface area (Å²) < 4.78 is 0. The number of nitrogens with two attached hydrogens (primary N) is 1. The molecule has 108 valence electrons. The molecule has 1 heterocycles. The molecule has 0 spiro atoms. The van der Waals surface area contributed by atoms with Crippen LogP contribution in [0, 0.1) is 0 Å². The van der Waals surface area contributed by atoms with Crippen molar-refractivity contribution >= 4 is 17.8 Å². The van der Waals surface area contributed by atoms with Gasteiger partial charge in [0.25, 0.3) is 11.9 Å². The lowest BCUT2D eigenvalue weighted by Gasteiger charge is -2.27. The summed E-state index contributed by atoms with van der Waals surface area (Å²) in [4.78, 5) is 25.0. The predicted molar refractivity (Wildman–Crippen MR) is 59.6 cm³/mol. The van der Waals surface area contributed by atoms with E-state index in [-0.39, 0.29) is 17.0 Å². The zero-order valence-corrected chi connectivity index (χ0v) is 10.4. The first-order valence-electron chi connectivity index (χ1n) is 4.74. The fourth-order valence-electron chi connectivity index (χ4n) is 1.12. The summed E-state index contributed by atoms with van der Waals surface area (Å²) in [6.07, 6.45) is -3.36. The summed E-state index contributed by atoms with van der Waals surface area (Å²) in [5, 5.41) is 28.1. The number of anilines is 3. The molecule has 12 heteroatoms. The van der Waals surface area contributed by atoms with Gasteiger partial charge in [0.15, 0.2) is 0 Å². The van der Waals surface area contributed by atoms with Gasteiger partial charge in [-0.3, -0.25) is 4.84 Å². The average molecular weight is 278 g/mol. The second-order valence-corrected chi connectivity index (χ2v) is 2.99. The molecule has 1 aromatic rings. The predicted octanol–water partition coefficient (Wildman–Crippen LogP) is -2.66. The topological polar surface area (TPSA) is 160 Å². The second-order valence-electron chi connectivity index (χ2n) is 2.99. The summed E-state index contributed by atoms with van der Waals surface area (Å²) in [7, 11) is 3.58. The zero-order chi connectivity index (χ0) is 14.6. The smallest absolute Gasteiger partial charge is 0.368 e.